The quantitative estimate of drug-likeness (QED) is 0.787. The van der Waals surface area contributed by atoms with Gasteiger partial charge in [-0.3, -0.25) is 0 Å². The van der Waals surface area contributed by atoms with E-state index in [0.717, 1.165) is 19.3 Å². The van der Waals surface area contributed by atoms with Crippen LogP contribution in [0.25, 0.3) is 0 Å². The molecule has 0 bridgehead atoms. The maximum atomic E-state index is 9.68. The summed E-state index contributed by atoms with van der Waals surface area (Å²) in [6, 6.07) is 4.37. The molecule has 98 valence electrons. The average molecular weight is 255 g/mol. The van der Waals surface area contributed by atoms with Crippen LogP contribution in [-0.4, -0.2) is 18.3 Å². The van der Waals surface area contributed by atoms with Crippen LogP contribution in [0, 0.1) is 11.3 Å². The van der Waals surface area contributed by atoms with Gasteiger partial charge in [0.25, 0.3) is 0 Å². The maximum Gasteiger partial charge on any atom is 0.0503 e. The topological polar surface area (TPSA) is 46.2 Å². The Labute approximate surface area is 109 Å². The summed E-state index contributed by atoms with van der Waals surface area (Å²) in [7, 11) is 0. The van der Waals surface area contributed by atoms with Crippen LogP contribution in [-0.2, 0) is 12.8 Å². The van der Waals surface area contributed by atoms with Gasteiger partial charge in [-0.2, -0.15) is 0 Å². The van der Waals surface area contributed by atoms with E-state index in [1.165, 1.54) is 9.75 Å². The third-order valence-corrected chi connectivity index (χ3v) is 4.45. The minimum atomic E-state index is -0.135. The summed E-state index contributed by atoms with van der Waals surface area (Å²) in [5.41, 5.74) is 5.76. The van der Waals surface area contributed by atoms with Gasteiger partial charge in [0.15, 0.2) is 0 Å². The number of thiophene rings is 1. The average Bonchev–Trinajstić information content (AvgIpc) is 2.75. The molecule has 0 spiro atoms. The molecule has 1 atom stereocenters. The number of hydrogen-bond acceptors (Lipinski definition) is 3. The molecule has 0 aliphatic carbocycles. The minimum Gasteiger partial charge on any atom is -0.396 e. The number of aliphatic hydroxyl groups is 1. The molecule has 2 nitrogen and oxygen atoms in total. The summed E-state index contributed by atoms with van der Waals surface area (Å²) in [6.07, 6.45) is 2.98. The van der Waals surface area contributed by atoms with Crippen molar-refractivity contribution in [3.8, 4) is 0 Å². The Bertz CT molecular complexity index is 329. The van der Waals surface area contributed by atoms with Gasteiger partial charge in [0, 0.05) is 21.7 Å². The highest BCUT2D eigenvalue weighted by Gasteiger charge is 2.29. The largest absolute Gasteiger partial charge is 0.396 e. The van der Waals surface area contributed by atoms with Crippen molar-refractivity contribution in [2.75, 3.05) is 13.2 Å². The van der Waals surface area contributed by atoms with Crippen LogP contribution in [0.15, 0.2) is 12.1 Å². The van der Waals surface area contributed by atoms with Crippen molar-refractivity contribution < 1.29 is 5.11 Å². The Balaban J connectivity index is 2.78. The van der Waals surface area contributed by atoms with E-state index in [9.17, 15) is 5.11 Å². The van der Waals surface area contributed by atoms with Gasteiger partial charge in [0.05, 0.1) is 6.61 Å². The van der Waals surface area contributed by atoms with Gasteiger partial charge in [-0.1, -0.05) is 20.8 Å². The predicted octanol–water partition coefficient (Wildman–Crippen LogP) is 2.84. The first-order valence-corrected chi connectivity index (χ1v) is 7.25. The van der Waals surface area contributed by atoms with Crippen LogP contribution < -0.4 is 5.73 Å². The number of rotatable bonds is 7. The lowest BCUT2D eigenvalue weighted by Crippen LogP contribution is -2.37. The van der Waals surface area contributed by atoms with E-state index < -0.39 is 0 Å². The van der Waals surface area contributed by atoms with Crippen LogP contribution in [0.3, 0.4) is 0 Å². The van der Waals surface area contributed by atoms with E-state index >= 15 is 0 Å². The van der Waals surface area contributed by atoms with Gasteiger partial charge in [0.2, 0.25) is 0 Å². The molecule has 1 aromatic rings. The second-order valence-electron chi connectivity index (χ2n) is 5.36. The zero-order chi connectivity index (χ0) is 12.9. The van der Waals surface area contributed by atoms with Crippen molar-refractivity contribution in [1.82, 2.24) is 0 Å². The Hall–Kier alpha value is -0.380. The maximum absolute atomic E-state index is 9.68. The molecular weight excluding hydrogens is 230 g/mol. The van der Waals surface area contributed by atoms with Gasteiger partial charge >= 0.3 is 0 Å². The molecule has 3 N–H and O–H groups in total. The summed E-state index contributed by atoms with van der Waals surface area (Å²) < 4.78 is 0. The van der Waals surface area contributed by atoms with Gasteiger partial charge in [-0.15, -0.1) is 11.3 Å². The summed E-state index contributed by atoms with van der Waals surface area (Å²) in [5, 5.41) is 9.68. The summed E-state index contributed by atoms with van der Waals surface area (Å²) in [5.74, 6) is 0.566. The molecule has 0 aliphatic heterocycles. The van der Waals surface area contributed by atoms with Crippen LogP contribution in [0.4, 0.5) is 0 Å². The zero-order valence-electron chi connectivity index (χ0n) is 11.2. The highest BCUT2D eigenvalue weighted by molar-refractivity contribution is 7.11. The molecule has 3 heteroatoms. The van der Waals surface area contributed by atoms with E-state index in [0.29, 0.717) is 12.5 Å². The molecular formula is C14H25NOS. The van der Waals surface area contributed by atoms with Crippen LogP contribution in [0.5, 0.6) is 0 Å². The van der Waals surface area contributed by atoms with Crippen molar-refractivity contribution in [3.05, 3.63) is 21.9 Å². The first-order chi connectivity index (χ1) is 8.05. The lowest BCUT2D eigenvalue weighted by atomic mass is 9.77. The van der Waals surface area contributed by atoms with Crippen molar-refractivity contribution in [1.29, 1.82) is 0 Å². The highest BCUT2D eigenvalue weighted by atomic mass is 32.1. The minimum absolute atomic E-state index is 0.135. The fourth-order valence-electron chi connectivity index (χ4n) is 2.36. The molecule has 1 aromatic heterocycles. The molecule has 0 amide bonds. The SMILES string of the molecule is CCc1ccc(CC(CN)(CO)CC(C)C)s1. The third-order valence-electron chi connectivity index (χ3n) is 3.22. The molecule has 1 heterocycles. The lowest BCUT2D eigenvalue weighted by Gasteiger charge is -2.31. The van der Waals surface area contributed by atoms with Crippen molar-refractivity contribution in [2.45, 2.75) is 40.0 Å². The van der Waals surface area contributed by atoms with E-state index in [1.54, 1.807) is 0 Å². The summed E-state index contributed by atoms with van der Waals surface area (Å²) in [4.78, 5) is 2.76. The van der Waals surface area contributed by atoms with Crippen molar-refractivity contribution >= 4 is 11.3 Å². The van der Waals surface area contributed by atoms with Crippen LogP contribution >= 0.6 is 11.3 Å². The highest BCUT2D eigenvalue weighted by Crippen LogP contribution is 2.32. The Morgan fingerprint density at radius 3 is 2.41 bits per heavy atom. The molecule has 0 saturated heterocycles. The molecule has 0 radical (unpaired) electrons. The fourth-order valence-corrected chi connectivity index (χ4v) is 3.49. The first-order valence-electron chi connectivity index (χ1n) is 6.43. The molecule has 0 aromatic carbocycles. The number of aliphatic hydroxyl groups excluding tert-OH is 1. The first kappa shape index (κ1) is 14.7. The van der Waals surface area contributed by atoms with E-state index in [1.807, 2.05) is 11.3 Å². The Morgan fingerprint density at radius 1 is 1.35 bits per heavy atom. The Morgan fingerprint density at radius 2 is 2.00 bits per heavy atom. The molecule has 0 saturated carbocycles. The summed E-state index contributed by atoms with van der Waals surface area (Å²) >= 11 is 1.85. The smallest absolute Gasteiger partial charge is 0.0503 e. The second kappa shape index (κ2) is 6.53. The zero-order valence-corrected chi connectivity index (χ0v) is 12.0. The molecule has 1 rings (SSSR count). The monoisotopic (exact) mass is 255 g/mol. The lowest BCUT2D eigenvalue weighted by molar-refractivity contribution is 0.109. The molecule has 17 heavy (non-hydrogen) atoms. The normalized spacial score (nSPS) is 15.2. The number of hydrogen-bond donors (Lipinski definition) is 2. The third kappa shape index (κ3) is 4.09. The van der Waals surface area contributed by atoms with Crippen molar-refractivity contribution in [2.24, 2.45) is 17.1 Å². The van der Waals surface area contributed by atoms with Gasteiger partial charge in [0.1, 0.15) is 0 Å². The Kier molecular flexibility index (Phi) is 5.63. The molecule has 0 aliphatic rings. The van der Waals surface area contributed by atoms with Gasteiger partial charge in [-0.25, -0.2) is 0 Å². The van der Waals surface area contributed by atoms with Gasteiger partial charge < -0.3 is 10.8 Å². The van der Waals surface area contributed by atoms with E-state index in [4.69, 9.17) is 5.73 Å². The molecule has 0 fully saturated rings. The van der Waals surface area contributed by atoms with Gasteiger partial charge in [-0.05, 0) is 37.3 Å². The standard InChI is InChI=1S/C14H25NOS/c1-4-12-5-6-13(17-12)8-14(9-15,10-16)7-11(2)3/h5-6,11,16H,4,7-10,15H2,1-3H3. The number of nitrogens with two attached hydrogens (primary N) is 1. The second-order valence-corrected chi connectivity index (χ2v) is 6.61. The fraction of sp³-hybridized carbons (Fsp3) is 0.714. The van der Waals surface area contributed by atoms with Crippen molar-refractivity contribution in [3.63, 3.8) is 0 Å². The predicted molar refractivity (Wildman–Crippen MR) is 75.4 cm³/mol. The van der Waals surface area contributed by atoms with Crippen LogP contribution in [0.1, 0.15) is 36.9 Å². The molecule has 1 unspecified atom stereocenters. The summed E-state index contributed by atoms with van der Waals surface area (Å²) in [6.45, 7) is 7.28. The van der Waals surface area contributed by atoms with E-state index in [-0.39, 0.29) is 12.0 Å². The number of aryl methyl sites for hydroxylation is 1. The van der Waals surface area contributed by atoms with E-state index in [2.05, 4.69) is 32.9 Å². The van der Waals surface area contributed by atoms with Crippen LogP contribution in [0.2, 0.25) is 0 Å².